The van der Waals surface area contributed by atoms with E-state index in [2.05, 4.69) is 23.9 Å². The second kappa shape index (κ2) is 6.36. The van der Waals surface area contributed by atoms with Crippen LogP contribution < -0.4 is 10.0 Å². The van der Waals surface area contributed by atoms with Crippen LogP contribution in [0.3, 0.4) is 0 Å². The second-order valence-corrected chi connectivity index (χ2v) is 8.06. The summed E-state index contributed by atoms with van der Waals surface area (Å²) in [5.41, 5.74) is 1.42. The number of rotatable bonds is 8. The van der Waals surface area contributed by atoms with Crippen molar-refractivity contribution in [2.45, 2.75) is 44.9 Å². The van der Waals surface area contributed by atoms with Gasteiger partial charge in [-0.1, -0.05) is 20.8 Å². The molecule has 0 saturated heterocycles. The van der Waals surface area contributed by atoms with E-state index in [1.165, 1.54) is 12.8 Å². The first-order chi connectivity index (χ1) is 9.89. The summed E-state index contributed by atoms with van der Waals surface area (Å²) in [6.45, 7) is 7.91. The van der Waals surface area contributed by atoms with Crippen molar-refractivity contribution in [1.82, 2.24) is 4.72 Å². The lowest BCUT2D eigenvalue weighted by Gasteiger charge is -2.20. The van der Waals surface area contributed by atoms with Crippen molar-refractivity contribution in [3.05, 3.63) is 24.3 Å². The predicted molar refractivity (Wildman–Crippen MR) is 86.9 cm³/mol. The van der Waals surface area contributed by atoms with Crippen molar-refractivity contribution in [3.63, 3.8) is 0 Å². The summed E-state index contributed by atoms with van der Waals surface area (Å²) in [5.74, 6) is 0.683. The van der Waals surface area contributed by atoms with Gasteiger partial charge in [-0.2, -0.15) is 0 Å². The Hall–Kier alpha value is -1.07. The Balaban J connectivity index is 1.96. The van der Waals surface area contributed by atoms with Gasteiger partial charge in [0.25, 0.3) is 0 Å². The minimum absolute atomic E-state index is 0.325. The molecule has 2 N–H and O–H groups in total. The van der Waals surface area contributed by atoms with Gasteiger partial charge in [0.05, 0.1) is 4.90 Å². The van der Waals surface area contributed by atoms with E-state index in [1.807, 2.05) is 19.1 Å². The van der Waals surface area contributed by atoms with Gasteiger partial charge in [0.1, 0.15) is 0 Å². The molecular weight excluding hydrogens is 284 g/mol. The van der Waals surface area contributed by atoms with Crippen LogP contribution in [-0.2, 0) is 10.0 Å². The van der Waals surface area contributed by atoms with Crippen molar-refractivity contribution in [2.24, 2.45) is 11.3 Å². The van der Waals surface area contributed by atoms with E-state index in [0.29, 0.717) is 22.8 Å². The lowest BCUT2D eigenvalue weighted by Crippen LogP contribution is -2.24. The molecule has 1 aromatic rings. The van der Waals surface area contributed by atoms with E-state index in [-0.39, 0.29) is 0 Å². The Kier molecular flexibility index (Phi) is 4.94. The lowest BCUT2D eigenvalue weighted by molar-refractivity contribution is 0.380. The van der Waals surface area contributed by atoms with E-state index in [0.717, 1.165) is 18.7 Å². The zero-order chi connectivity index (χ0) is 15.5. The molecule has 0 unspecified atom stereocenters. The van der Waals surface area contributed by atoms with Crippen LogP contribution in [0.15, 0.2) is 29.2 Å². The topological polar surface area (TPSA) is 58.2 Å². The third-order valence-corrected chi connectivity index (χ3v) is 5.95. The van der Waals surface area contributed by atoms with Crippen LogP contribution in [0.4, 0.5) is 5.69 Å². The maximum atomic E-state index is 12.0. The van der Waals surface area contributed by atoms with Gasteiger partial charge in [-0.05, 0) is 54.9 Å². The van der Waals surface area contributed by atoms with Crippen LogP contribution in [0.5, 0.6) is 0 Å². The van der Waals surface area contributed by atoms with Gasteiger partial charge < -0.3 is 5.32 Å². The quantitative estimate of drug-likeness (QED) is 0.775. The van der Waals surface area contributed by atoms with Crippen LogP contribution >= 0.6 is 0 Å². The Labute approximate surface area is 128 Å². The number of hydrogen-bond donors (Lipinski definition) is 2. The Bertz CT molecular complexity index is 560. The molecule has 0 bridgehead atoms. The molecule has 2 rings (SSSR count). The smallest absolute Gasteiger partial charge is 0.240 e. The van der Waals surface area contributed by atoms with Gasteiger partial charge in [-0.15, -0.1) is 0 Å². The third kappa shape index (κ3) is 3.98. The maximum absolute atomic E-state index is 12.0. The van der Waals surface area contributed by atoms with Crippen LogP contribution in [0, 0.1) is 11.3 Å². The first-order valence-electron chi connectivity index (χ1n) is 7.73. The summed E-state index contributed by atoms with van der Waals surface area (Å²) in [4.78, 5) is 0.325. The van der Waals surface area contributed by atoms with Gasteiger partial charge in [-0.25, -0.2) is 13.1 Å². The van der Waals surface area contributed by atoms with E-state index >= 15 is 0 Å². The lowest BCUT2D eigenvalue weighted by atomic mass is 9.92. The highest BCUT2D eigenvalue weighted by atomic mass is 32.2. The molecule has 1 fully saturated rings. The fourth-order valence-electron chi connectivity index (χ4n) is 2.47. The van der Waals surface area contributed by atoms with E-state index in [9.17, 15) is 8.42 Å². The first-order valence-corrected chi connectivity index (χ1v) is 9.21. The summed E-state index contributed by atoms with van der Waals surface area (Å²) < 4.78 is 26.6. The summed E-state index contributed by atoms with van der Waals surface area (Å²) in [6, 6.07) is 7.01. The van der Waals surface area contributed by atoms with Crippen molar-refractivity contribution in [3.8, 4) is 0 Å². The molecule has 21 heavy (non-hydrogen) atoms. The number of nitrogens with one attached hydrogen (secondary N) is 2. The standard InChI is InChI=1S/C16H26N2O2S/c1-4-11-18-21(19,20)15-7-5-14(6-8-15)17-12-16(9-10-16)13(2)3/h5-8,13,17-18H,4,9-12H2,1-3H3. The molecule has 0 spiro atoms. The normalized spacial score (nSPS) is 17.0. The van der Waals surface area contributed by atoms with Gasteiger partial charge in [0.2, 0.25) is 10.0 Å². The molecule has 0 heterocycles. The molecule has 0 atom stereocenters. The van der Waals surface area contributed by atoms with Crippen molar-refractivity contribution < 1.29 is 8.42 Å². The minimum Gasteiger partial charge on any atom is -0.384 e. The Morgan fingerprint density at radius 3 is 2.29 bits per heavy atom. The van der Waals surface area contributed by atoms with Gasteiger partial charge in [0.15, 0.2) is 0 Å². The number of benzene rings is 1. The molecule has 0 aromatic heterocycles. The molecule has 0 aliphatic heterocycles. The van der Waals surface area contributed by atoms with Crippen LogP contribution in [-0.4, -0.2) is 21.5 Å². The average Bonchev–Trinajstić information content (AvgIpc) is 3.25. The second-order valence-electron chi connectivity index (χ2n) is 6.29. The fourth-order valence-corrected chi connectivity index (χ4v) is 3.60. The van der Waals surface area contributed by atoms with Crippen molar-refractivity contribution in [1.29, 1.82) is 0 Å². The summed E-state index contributed by atoms with van der Waals surface area (Å²) in [6.07, 6.45) is 3.35. The molecule has 5 heteroatoms. The average molecular weight is 310 g/mol. The Morgan fingerprint density at radius 1 is 1.19 bits per heavy atom. The molecule has 4 nitrogen and oxygen atoms in total. The third-order valence-electron chi connectivity index (χ3n) is 4.47. The number of sulfonamides is 1. The van der Waals surface area contributed by atoms with Gasteiger partial charge in [-0.3, -0.25) is 0 Å². The van der Waals surface area contributed by atoms with Crippen molar-refractivity contribution in [2.75, 3.05) is 18.4 Å². The molecule has 118 valence electrons. The zero-order valence-corrected chi connectivity index (χ0v) is 14.0. The molecule has 0 amide bonds. The van der Waals surface area contributed by atoms with Crippen LogP contribution in [0.25, 0.3) is 0 Å². The predicted octanol–water partition coefficient (Wildman–Crippen LogP) is 3.22. The first kappa shape index (κ1) is 16.3. The SMILES string of the molecule is CCCNS(=O)(=O)c1ccc(NCC2(C(C)C)CC2)cc1. The molecule has 1 aliphatic rings. The number of hydrogen-bond acceptors (Lipinski definition) is 3. The maximum Gasteiger partial charge on any atom is 0.240 e. The molecular formula is C16H26N2O2S. The summed E-state index contributed by atoms with van der Waals surface area (Å²) in [5, 5.41) is 3.44. The zero-order valence-electron chi connectivity index (χ0n) is 13.1. The summed E-state index contributed by atoms with van der Waals surface area (Å²) >= 11 is 0. The van der Waals surface area contributed by atoms with Crippen LogP contribution in [0.1, 0.15) is 40.0 Å². The van der Waals surface area contributed by atoms with Gasteiger partial charge >= 0.3 is 0 Å². The molecule has 1 saturated carbocycles. The van der Waals surface area contributed by atoms with E-state index < -0.39 is 10.0 Å². The van der Waals surface area contributed by atoms with Crippen molar-refractivity contribution >= 4 is 15.7 Å². The number of anilines is 1. The van der Waals surface area contributed by atoms with E-state index in [4.69, 9.17) is 0 Å². The monoisotopic (exact) mass is 310 g/mol. The van der Waals surface area contributed by atoms with E-state index in [1.54, 1.807) is 12.1 Å². The molecule has 0 radical (unpaired) electrons. The molecule has 1 aliphatic carbocycles. The van der Waals surface area contributed by atoms with Gasteiger partial charge in [0, 0.05) is 18.8 Å². The fraction of sp³-hybridized carbons (Fsp3) is 0.625. The minimum atomic E-state index is -3.36. The highest BCUT2D eigenvalue weighted by Crippen LogP contribution is 2.51. The Morgan fingerprint density at radius 2 is 1.81 bits per heavy atom. The summed E-state index contributed by atoms with van der Waals surface area (Å²) in [7, 11) is -3.36. The highest BCUT2D eigenvalue weighted by Gasteiger charge is 2.44. The highest BCUT2D eigenvalue weighted by molar-refractivity contribution is 7.89. The van der Waals surface area contributed by atoms with Crippen LogP contribution in [0.2, 0.25) is 0 Å². The largest absolute Gasteiger partial charge is 0.384 e. The molecule has 1 aromatic carbocycles.